The second kappa shape index (κ2) is 8.45. The van der Waals surface area contributed by atoms with E-state index in [0.717, 1.165) is 25.5 Å². The van der Waals surface area contributed by atoms with E-state index >= 15 is 0 Å². The van der Waals surface area contributed by atoms with Crippen LogP contribution in [-0.4, -0.2) is 59.9 Å². The van der Waals surface area contributed by atoms with E-state index in [1.54, 1.807) is 0 Å². The Morgan fingerprint density at radius 2 is 1.66 bits per heavy atom. The third-order valence-corrected chi connectivity index (χ3v) is 4.82. The first-order valence-electron chi connectivity index (χ1n) is 9.41. The average molecular weight is 397 g/mol. The normalized spacial score (nSPS) is 12.7. The number of benzene rings is 2. The number of esters is 1. The summed E-state index contributed by atoms with van der Waals surface area (Å²) in [4.78, 5) is 39.9. The lowest BCUT2D eigenvalue weighted by Gasteiger charge is -2.19. The number of nitrogens with zero attached hydrogens (tertiary/aromatic N) is 1. The van der Waals surface area contributed by atoms with Crippen LogP contribution >= 0.6 is 0 Å². The van der Waals surface area contributed by atoms with E-state index in [1.807, 2.05) is 14.1 Å². The summed E-state index contributed by atoms with van der Waals surface area (Å²) in [5.41, 5.74) is -0.406. The number of unbranched alkanes of at least 4 members (excludes halogenated alkanes) is 2. The van der Waals surface area contributed by atoms with E-state index < -0.39 is 23.3 Å². The van der Waals surface area contributed by atoms with Crippen LogP contribution in [0.4, 0.5) is 0 Å². The molecule has 0 bridgehead atoms. The molecule has 0 heterocycles. The number of hydrogen-bond donors (Lipinski definition) is 2. The van der Waals surface area contributed by atoms with Crippen LogP contribution in [0.1, 0.15) is 61.5 Å². The maximum absolute atomic E-state index is 12.8. The van der Waals surface area contributed by atoms with Gasteiger partial charge in [-0.25, -0.2) is 4.79 Å². The molecule has 1 aliphatic carbocycles. The van der Waals surface area contributed by atoms with Gasteiger partial charge >= 0.3 is 5.97 Å². The van der Waals surface area contributed by atoms with Crippen LogP contribution in [0.3, 0.4) is 0 Å². The highest BCUT2D eigenvalue weighted by atomic mass is 16.5. The Balaban J connectivity index is 1.77. The summed E-state index contributed by atoms with van der Waals surface area (Å²) >= 11 is 0. The Morgan fingerprint density at radius 1 is 0.931 bits per heavy atom. The van der Waals surface area contributed by atoms with E-state index in [-0.39, 0.29) is 40.2 Å². The van der Waals surface area contributed by atoms with Crippen LogP contribution in [0.5, 0.6) is 11.5 Å². The summed E-state index contributed by atoms with van der Waals surface area (Å²) in [6, 6.07) is 6.56. The predicted molar refractivity (Wildman–Crippen MR) is 106 cm³/mol. The van der Waals surface area contributed by atoms with Crippen molar-refractivity contribution in [2.45, 2.75) is 19.3 Å². The molecule has 3 rings (SSSR count). The minimum absolute atomic E-state index is 0.000653. The fraction of sp³-hybridized carbons (Fsp3) is 0.318. The lowest BCUT2D eigenvalue weighted by Crippen LogP contribution is -2.22. The van der Waals surface area contributed by atoms with Crippen molar-refractivity contribution in [3.63, 3.8) is 0 Å². The molecule has 0 atom stereocenters. The highest BCUT2D eigenvalue weighted by Crippen LogP contribution is 2.37. The number of phenols is 2. The van der Waals surface area contributed by atoms with Gasteiger partial charge in [-0.3, -0.25) is 9.59 Å². The van der Waals surface area contributed by atoms with Crippen molar-refractivity contribution in [2.75, 3.05) is 27.2 Å². The van der Waals surface area contributed by atoms with Gasteiger partial charge in [0, 0.05) is 11.1 Å². The number of phenolic OH excluding ortho intramolecular Hbond substituents is 2. The first kappa shape index (κ1) is 20.5. The fourth-order valence-corrected chi connectivity index (χ4v) is 3.36. The van der Waals surface area contributed by atoms with E-state index in [4.69, 9.17) is 4.74 Å². The van der Waals surface area contributed by atoms with Gasteiger partial charge in [0.2, 0.25) is 5.78 Å². The van der Waals surface area contributed by atoms with E-state index in [2.05, 4.69) is 4.90 Å². The molecule has 2 aromatic rings. The molecule has 7 heteroatoms. The molecule has 2 aromatic carbocycles. The number of aromatic hydroxyl groups is 2. The third-order valence-electron chi connectivity index (χ3n) is 4.82. The third kappa shape index (κ3) is 4.14. The van der Waals surface area contributed by atoms with Crippen LogP contribution in [0.25, 0.3) is 0 Å². The maximum Gasteiger partial charge on any atom is 0.338 e. The number of rotatable bonds is 7. The lowest BCUT2D eigenvalue weighted by atomic mass is 9.82. The minimum atomic E-state index is -0.669. The Bertz CT molecular complexity index is 980. The number of carbonyl (C=O) groups excluding carboxylic acids is 3. The van der Waals surface area contributed by atoms with Gasteiger partial charge < -0.3 is 19.8 Å². The van der Waals surface area contributed by atoms with Gasteiger partial charge in [0.05, 0.1) is 23.3 Å². The quantitative estimate of drug-likeness (QED) is 0.467. The largest absolute Gasteiger partial charge is 0.507 e. The van der Waals surface area contributed by atoms with Gasteiger partial charge in [-0.1, -0.05) is 12.1 Å². The average Bonchev–Trinajstić information content (AvgIpc) is 2.67. The second-order valence-electron chi connectivity index (χ2n) is 7.28. The molecule has 0 saturated carbocycles. The highest BCUT2D eigenvalue weighted by molar-refractivity contribution is 6.30. The molecule has 0 fully saturated rings. The van der Waals surface area contributed by atoms with Crippen molar-refractivity contribution >= 4 is 17.5 Å². The predicted octanol–water partition coefficient (Wildman–Crippen LogP) is 2.76. The highest BCUT2D eigenvalue weighted by Gasteiger charge is 2.35. The van der Waals surface area contributed by atoms with E-state index in [9.17, 15) is 24.6 Å². The molecule has 0 aliphatic heterocycles. The molecule has 1 aliphatic rings. The zero-order valence-corrected chi connectivity index (χ0v) is 16.4. The molecule has 7 nitrogen and oxygen atoms in total. The molecule has 0 saturated heterocycles. The maximum atomic E-state index is 12.8. The number of carbonyl (C=O) groups is 3. The van der Waals surface area contributed by atoms with Crippen molar-refractivity contribution < 1.29 is 29.3 Å². The Hall–Kier alpha value is -3.19. The fourth-order valence-electron chi connectivity index (χ4n) is 3.36. The smallest absolute Gasteiger partial charge is 0.338 e. The zero-order valence-electron chi connectivity index (χ0n) is 16.4. The molecule has 152 valence electrons. The van der Waals surface area contributed by atoms with E-state index in [0.29, 0.717) is 6.42 Å². The SMILES string of the molecule is CN(C)CCCCCOC(=O)c1cc(O)c2c(c1)C(=O)c1cccc(O)c1C2=O. The molecule has 0 radical (unpaired) electrons. The summed E-state index contributed by atoms with van der Waals surface area (Å²) in [5.74, 6) is -2.70. The monoisotopic (exact) mass is 397 g/mol. The Kier molecular flexibility index (Phi) is 5.98. The molecule has 0 aromatic heterocycles. The summed E-state index contributed by atoms with van der Waals surface area (Å²) in [6.45, 7) is 1.19. The van der Waals surface area contributed by atoms with Gasteiger partial charge in [-0.05, 0) is 58.1 Å². The van der Waals surface area contributed by atoms with Gasteiger partial charge in [-0.15, -0.1) is 0 Å². The van der Waals surface area contributed by atoms with Crippen molar-refractivity contribution in [1.29, 1.82) is 0 Å². The molecule has 0 spiro atoms. The molecular weight excluding hydrogens is 374 g/mol. The van der Waals surface area contributed by atoms with Gasteiger partial charge in [0.25, 0.3) is 0 Å². The van der Waals surface area contributed by atoms with Gasteiger partial charge in [0.15, 0.2) is 5.78 Å². The summed E-state index contributed by atoms with van der Waals surface area (Å²) in [7, 11) is 3.99. The second-order valence-corrected chi connectivity index (χ2v) is 7.28. The summed E-state index contributed by atoms with van der Waals surface area (Å²) in [5, 5.41) is 20.3. The van der Waals surface area contributed by atoms with E-state index in [1.165, 1.54) is 24.3 Å². The van der Waals surface area contributed by atoms with Crippen LogP contribution in [0.2, 0.25) is 0 Å². The standard InChI is InChI=1S/C22H23NO6/c1-23(2)9-4-3-5-10-29-22(28)13-11-15-19(17(25)12-13)21(27)18-14(20(15)26)7-6-8-16(18)24/h6-8,11-12,24-25H,3-5,9-10H2,1-2H3. The topological polar surface area (TPSA) is 104 Å². The minimum Gasteiger partial charge on any atom is -0.507 e. The van der Waals surface area contributed by atoms with Crippen molar-refractivity contribution in [2.24, 2.45) is 0 Å². The van der Waals surface area contributed by atoms with Gasteiger partial charge in [-0.2, -0.15) is 0 Å². The molecule has 0 unspecified atom stereocenters. The summed E-state index contributed by atoms with van der Waals surface area (Å²) < 4.78 is 5.23. The Labute approximate surface area is 168 Å². The number of hydrogen-bond acceptors (Lipinski definition) is 7. The van der Waals surface area contributed by atoms with Crippen molar-refractivity contribution in [3.8, 4) is 11.5 Å². The van der Waals surface area contributed by atoms with Crippen molar-refractivity contribution in [3.05, 3.63) is 58.1 Å². The number of ether oxygens (including phenoxy) is 1. The molecule has 2 N–H and O–H groups in total. The zero-order chi connectivity index (χ0) is 21.1. The van der Waals surface area contributed by atoms with Gasteiger partial charge in [0.1, 0.15) is 11.5 Å². The number of fused-ring (bicyclic) bond motifs is 2. The first-order valence-corrected chi connectivity index (χ1v) is 9.41. The van der Waals surface area contributed by atoms with Crippen LogP contribution in [-0.2, 0) is 4.74 Å². The van der Waals surface area contributed by atoms with Crippen LogP contribution in [0.15, 0.2) is 30.3 Å². The molecular formula is C22H23NO6. The number of ketones is 2. The Morgan fingerprint density at radius 3 is 2.38 bits per heavy atom. The van der Waals surface area contributed by atoms with Crippen LogP contribution in [0, 0.1) is 0 Å². The molecule has 0 amide bonds. The molecule has 29 heavy (non-hydrogen) atoms. The van der Waals surface area contributed by atoms with Crippen LogP contribution < -0.4 is 0 Å². The van der Waals surface area contributed by atoms with Crippen molar-refractivity contribution in [1.82, 2.24) is 4.90 Å². The lowest BCUT2D eigenvalue weighted by molar-refractivity contribution is 0.0496. The summed E-state index contributed by atoms with van der Waals surface area (Å²) in [6.07, 6.45) is 2.61. The first-order chi connectivity index (χ1) is 13.8.